The average molecular weight is 303 g/mol. The summed E-state index contributed by atoms with van der Waals surface area (Å²) in [6.07, 6.45) is 4.75. The van der Waals surface area contributed by atoms with Gasteiger partial charge in [0.25, 0.3) is 0 Å². The van der Waals surface area contributed by atoms with E-state index in [1.807, 2.05) is 17.0 Å². The summed E-state index contributed by atoms with van der Waals surface area (Å²) >= 11 is 0. The molecule has 0 aliphatic carbocycles. The standard InChI is InChI=1S/C17H25N3O2/c1-2-13-9-11-20(12-10-13)16(21)8-5-14-3-6-15(7-4-14)19-17(18)22/h3-4,6-7,13H,2,5,8-12H2,1H3,(H3,18,19,22). The van der Waals surface area contributed by atoms with Gasteiger partial charge in [0.05, 0.1) is 0 Å². The quantitative estimate of drug-likeness (QED) is 0.877. The number of anilines is 1. The SMILES string of the molecule is CCC1CCN(C(=O)CCc2ccc(NC(N)=O)cc2)CC1. The van der Waals surface area contributed by atoms with Gasteiger partial charge in [0.1, 0.15) is 0 Å². The number of carbonyl (C=O) groups is 2. The van der Waals surface area contributed by atoms with Crippen LogP contribution in [0.1, 0.15) is 38.2 Å². The summed E-state index contributed by atoms with van der Waals surface area (Å²) in [6.45, 7) is 4.02. The van der Waals surface area contributed by atoms with E-state index in [1.165, 1.54) is 6.42 Å². The van der Waals surface area contributed by atoms with Gasteiger partial charge < -0.3 is 16.0 Å². The highest BCUT2D eigenvalue weighted by Crippen LogP contribution is 2.20. The largest absolute Gasteiger partial charge is 0.351 e. The number of nitrogens with zero attached hydrogens (tertiary/aromatic N) is 1. The van der Waals surface area contributed by atoms with E-state index >= 15 is 0 Å². The van der Waals surface area contributed by atoms with Gasteiger partial charge in [-0.2, -0.15) is 0 Å². The van der Waals surface area contributed by atoms with Crippen LogP contribution in [0.25, 0.3) is 0 Å². The van der Waals surface area contributed by atoms with Crippen molar-refractivity contribution < 1.29 is 9.59 Å². The van der Waals surface area contributed by atoms with Gasteiger partial charge in [-0.1, -0.05) is 25.5 Å². The molecule has 0 radical (unpaired) electrons. The Balaban J connectivity index is 1.77. The van der Waals surface area contributed by atoms with Crippen molar-refractivity contribution in [3.63, 3.8) is 0 Å². The molecule has 0 atom stereocenters. The molecular weight excluding hydrogens is 278 g/mol. The summed E-state index contributed by atoms with van der Waals surface area (Å²) in [5.41, 5.74) is 6.82. The molecule has 120 valence electrons. The number of hydrogen-bond donors (Lipinski definition) is 2. The monoisotopic (exact) mass is 303 g/mol. The zero-order valence-corrected chi connectivity index (χ0v) is 13.2. The van der Waals surface area contributed by atoms with Crippen molar-refractivity contribution in [1.29, 1.82) is 0 Å². The molecule has 0 saturated carbocycles. The van der Waals surface area contributed by atoms with E-state index in [2.05, 4.69) is 12.2 Å². The number of amides is 3. The van der Waals surface area contributed by atoms with Crippen molar-refractivity contribution >= 4 is 17.6 Å². The summed E-state index contributed by atoms with van der Waals surface area (Å²) < 4.78 is 0. The first kappa shape index (κ1) is 16.3. The number of nitrogens with one attached hydrogen (secondary N) is 1. The number of likely N-dealkylation sites (tertiary alicyclic amines) is 1. The highest BCUT2D eigenvalue weighted by molar-refractivity contribution is 5.87. The number of hydrogen-bond acceptors (Lipinski definition) is 2. The van der Waals surface area contributed by atoms with E-state index < -0.39 is 6.03 Å². The number of piperidine rings is 1. The van der Waals surface area contributed by atoms with Crippen molar-refractivity contribution in [3.8, 4) is 0 Å². The Morgan fingerprint density at radius 1 is 1.23 bits per heavy atom. The van der Waals surface area contributed by atoms with Gasteiger partial charge in [0.15, 0.2) is 0 Å². The number of nitrogens with two attached hydrogens (primary N) is 1. The Hall–Kier alpha value is -2.04. The molecule has 3 amide bonds. The Labute approximate surface area is 131 Å². The van der Waals surface area contributed by atoms with Gasteiger partial charge in [0, 0.05) is 25.2 Å². The first-order valence-corrected chi connectivity index (χ1v) is 8.01. The maximum absolute atomic E-state index is 12.2. The zero-order valence-electron chi connectivity index (χ0n) is 13.2. The first-order chi connectivity index (χ1) is 10.6. The summed E-state index contributed by atoms with van der Waals surface area (Å²) in [5, 5.41) is 2.52. The van der Waals surface area contributed by atoms with E-state index in [1.54, 1.807) is 12.1 Å². The van der Waals surface area contributed by atoms with Crippen molar-refractivity contribution in [2.45, 2.75) is 39.0 Å². The molecule has 22 heavy (non-hydrogen) atoms. The number of aryl methyl sites for hydroxylation is 1. The Morgan fingerprint density at radius 3 is 2.41 bits per heavy atom. The van der Waals surface area contributed by atoms with Crippen molar-refractivity contribution in [1.82, 2.24) is 4.90 Å². The van der Waals surface area contributed by atoms with Crippen LogP contribution in [-0.4, -0.2) is 29.9 Å². The van der Waals surface area contributed by atoms with Gasteiger partial charge in [-0.25, -0.2) is 4.79 Å². The lowest BCUT2D eigenvalue weighted by Gasteiger charge is -2.31. The van der Waals surface area contributed by atoms with E-state index in [0.717, 1.165) is 43.8 Å². The Kier molecular flexibility index (Phi) is 5.81. The number of rotatable bonds is 5. The third kappa shape index (κ3) is 4.76. The number of urea groups is 1. The molecular formula is C17H25N3O2. The summed E-state index contributed by atoms with van der Waals surface area (Å²) in [4.78, 5) is 25.0. The smallest absolute Gasteiger partial charge is 0.316 e. The number of carbonyl (C=O) groups excluding carboxylic acids is 2. The molecule has 0 unspecified atom stereocenters. The molecule has 1 aromatic rings. The van der Waals surface area contributed by atoms with Gasteiger partial charge >= 0.3 is 6.03 Å². The molecule has 2 rings (SSSR count). The highest BCUT2D eigenvalue weighted by atomic mass is 16.2. The lowest BCUT2D eigenvalue weighted by molar-refractivity contribution is -0.132. The second-order valence-corrected chi connectivity index (χ2v) is 5.92. The fourth-order valence-corrected chi connectivity index (χ4v) is 2.90. The van der Waals surface area contributed by atoms with Crippen LogP contribution in [0.4, 0.5) is 10.5 Å². The molecule has 5 nitrogen and oxygen atoms in total. The molecule has 0 bridgehead atoms. The van der Waals surface area contributed by atoms with Crippen molar-refractivity contribution in [3.05, 3.63) is 29.8 Å². The van der Waals surface area contributed by atoms with E-state index in [0.29, 0.717) is 12.1 Å². The summed E-state index contributed by atoms with van der Waals surface area (Å²) in [6, 6.07) is 6.87. The summed E-state index contributed by atoms with van der Waals surface area (Å²) in [5.74, 6) is 1.03. The molecule has 0 aromatic heterocycles. The minimum absolute atomic E-state index is 0.244. The number of benzene rings is 1. The molecule has 1 aliphatic heterocycles. The van der Waals surface area contributed by atoms with Gasteiger partial charge in [0.2, 0.25) is 5.91 Å². The maximum atomic E-state index is 12.2. The molecule has 1 heterocycles. The third-order valence-corrected chi connectivity index (χ3v) is 4.39. The van der Waals surface area contributed by atoms with Gasteiger partial charge in [-0.05, 0) is 42.9 Å². The fraction of sp³-hybridized carbons (Fsp3) is 0.529. The molecule has 3 N–H and O–H groups in total. The predicted octanol–water partition coefficient (Wildman–Crippen LogP) is 2.76. The predicted molar refractivity (Wildman–Crippen MR) is 87.6 cm³/mol. The third-order valence-electron chi connectivity index (χ3n) is 4.39. The molecule has 1 saturated heterocycles. The molecule has 1 fully saturated rings. The zero-order chi connectivity index (χ0) is 15.9. The minimum Gasteiger partial charge on any atom is -0.351 e. The first-order valence-electron chi connectivity index (χ1n) is 8.01. The lowest BCUT2D eigenvalue weighted by Crippen LogP contribution is -2.38. The molecule has 1 aliphatic rings. The van der Waals surface area contributed by atoms with E-state index in [-0.39, 0.29) is 5.91 Å². The lowest BCUT2D eigenvalue weighted by atomic mass is 9.94. The number of primary amides is 1. The Morgan fingerprint density at radius 2 is 1.86 bits per heavy atom. The average Bonchev–Trinajstić information content (AvgIpc) is 2.53. The van der Waals surface area contributed by atoms with Crippen molar-refractivity contribution in [2.75, 3.05) is 18.4 Å². The normalized spacial score (nSPS) is 15.6. The van der Waals surface area contributed by atoms with Crippen LogP contribution < -0.4 is 11.1 Å². The fourth-order valence-electron chi connectivity index (χ4n) is 2.90. The van der Waals surface area contributed by atoms with Crippen LogP contribution in [0.3, 0.4) is 0 Å². The van der Waals surface area contributed by atoms with Crippen LogP contribution in [0.5, 0.6) is 0 Å². The highest BCUT2D eigenvalue weighted by Gasteiger charge is 2.21. The van der Waals surface area contributed by atoms with Crippen LogP contribution in [0.2, 0.25) is 0 Å². The maximum Gasteiger partial charge on any atom is 0.316 e. The van der Waals surface area contributed by atoms with E-state index in [9.17, 15) is 9.59 Å². The molecule has 1 aromatic carbocycles. The van der Waals surface area contributed by atoms with Crippen LogP contribution in [0.15, 0.2) is 24.3 Å². The van der Waals surface area contributed by atoms with Crippen LogP contribution >= 0.6 is 0 Å². The van der Waals surface area contributed by atoms with Gasteiger partial charge in [-0.3, -0.25) is 4.79 Å². The van der Waals surface area contributed by atoms with Crippen LogP contribution in [0, 0.1) is 5.92 Å². The molecule has 0 spiro atoms. The van der Waals surface area contributed by atoms with Crippen molar-refractivity contribution in [2.24, 2.45) is 11.7 Å². The second kappa shape index (κ2) is 7.82. The minimum atomic E-state index is -0.571. The van der Waals surface area contributed by atoms with Crippen LogP contribution in [-0.2, 0) is 11.2 Å². The topological polar surface area (TPSA) is 75.4 Å². The summed E-state index contributed by atoms with van der Waals surface area (Å²) in [7, 11) is 0. The van der Waals surface area contributed by atoms with Gasteiger partial charge in [-0.15, -0.1) is 0 Å². The second-order valence-electron chi connectivity index (χ2n) is 5.92. The molecule has 5 heteroatoms. The van der Waals surface area contributed by atoms with E-state index in [4.69, 9.17) is 5.73 Å². The Bertz CT molecular complexity index is 505.